The largest absolute Gasteiger partial charge is 0.375 e. The van der Waals surface area contributed by atoms with Crippen LogP contribution < -0.4 is 0 Å². The summed E-state index contributed by atoms with van der Waals surface area (Å²) in [6.45, 7) is 5.53. The Balaban J connectivity index is 1.99. The monoisotopic (exact) mass is 223 g/mol. The van der Waals surface area contributed by atoms with Gasteiger partial charge in [0.25, 0.3) is 0 Å². The molecular formula is C13H21NO2. The van der Waals surface area contributed by atoms with E-state index in [0.29, 0.717) is 12.5 Å². The van der Waals surface area contributed by atoms with Crippen LogP contribution in [0.4, 0.5) is 0 Å². The number of ether oxygens (including phenoxy) is 1. The normalized spacial score (nSPS) is 35.1. The highest BCUT2D eigenvalue weighted by molar-refractivity contribution is 5.79. The Labute approximate surface area is 97.5 Å². The second-order valence-corrected chi connectivity index (χ2v) is 4.96. The maximum atomic E-state index is 12.3. The summed E-state index contributed by atoms with van der Waals surface area (Å²) >= 11 is 0. The quantitative estimate of drug-likeness (QED) is 0.636. The highest BCUT2D eigenvalue weighted by Crippen LogP contribution is 2.23. The van der Waals surface area contributed by atoms with Crippen LogP contribution in [-0.2, 0) is 9.53 Å². The minimum Gasteiger partial charge on any atom is -0.375 e. The molecule has 1 heterocycles. The molecule has 3 heteroatoms. The van der Waals surface area contributed by atoms with Gasteiger partial charge in [-0.25, -0.2) is 0 Å². The summed E-state index contributed by atoms with van der Waals surface area (Å²) in [5.41, 5.74) is 0. The van der Waals surface area contributed by atoms with Gasteiger partial charge in [-0.15, -0.1) is 0 Å². The number of hydrogen-bond donors (Lipinski definition) is 0. The maximum Gasteiger partial charge on any atom is 0.226 e. The molecule has 3 nitrogen and oxygen atoms in total. The summed E-state index contributed by atoms with van der Waals surface area (Å²) in [5.74, 6) is 0.532. The van der Waals surface area contributed by atoms with E-state index in [9.17, 15) is 4.79 Å². The first-order valence-electron chi connectivity index (χ1n) is 6.25. The molecule has 3 unspecified atom stereocenters. The Bertz CT molecular complexity index is 288. The van der Waals surface area contributed by atoms with Gasteiger partial charge < -0.3 is 9.64 Å². The molecule has 0 spiro atoms. The molecule has 0 aromatic heterocycles. The molecule has 16 heavy (non-hydrogen) atoms. The third-order valence-corrected chi connectivity index (χ3v) is 3.51. The standard InChI is InChI=1S/C13H21NO2/c1-10-9-16-11(2)8-14(10)13(15)12-6-4-3-5-7-12/h3-4,10-12H,5-9H2,1-2H3. The fourth-order valence-corrected chi connectivity index (χ4v) is 2.46. The molecule has 0 radical (unpaired) electrons. The van der Waals surface area contributed by atoms with Gasteiger partial charge in [-0.1, -0.05) is 12.2 Å². The van der Waals surface area contributed by atoms with Gasteiger partial charge in [0.2, 0.25) is 5.91 Å². The van der Waals surface area contributed by atoms with Crippen molar-refractivity contribution in [2.45, 2.75) is 45.3 Å². The van der Waals surface area contributed by atoms with Crippen LogP contribution in [0.25, 0.3) is 0 Å². The molecule has 1 fully saturated rings. The Kier molecular flexibility index (Phi) is 3.64. The lowest BCUT2D eigenvalue weighted by molar-refractivity contribution is -0.147. The summed E-state index contributed by atoms with van der Waals surface area (Å²) in [5, 5.41) is 0. The van der Waals surface area contributed by atoms with Crippen molar-refractivity contribution in [1.82, 2.24) is 4.90 Å². The summed E-state index contributed by atoms with van der Waals surface area (Å²) in [6, 6.07) is 0.231. The molecule has 2 rings (SSSR count). The zero-order valence-corrected chi connectivity index (χ0v) is 10.2. The lowest BCUT2D eigenvalue weighted by Gasteiger charge is -2.39. The van der Waals surface area contributed by atoms with Gasteiger partial charge in [0.05, 0.1) is 18.8 Å². The van der Waals surface area contributed by atoms with E-state index in [1.54, 1.807) is 0 Å². The molecule has 1 amide bonds. The van der Waals surface area contributed by atoms with E-state index < -0.39 is 0 Å². The van der Waals surface area contributed by atoms with Gasteiger partial charge in [0.15, 0.2) is 0 Å². The van der Waals surface area contributed by atoms with Crippen molar-refractivity contribution in [3.8, 4) is 0 Å². The van der Waals surface area contributed by atoms with E-state index >= 15 is 0 Å². The maximum absolute atomic E-state index is 12.3. The molecule has 0 bridgehead atoms. The Morgan fingerprint density at radius 1 is 1.38 bits per heavy atom. The van der Waals surface area contributed by atoms with Crippen LogP contribution in [0.2, 0.25) is 0 Å². The Morgan fingerprint density at radius 2 is 2.19 bits per heavy atom. The molecule has 0 N–H and O–H groups in total. The van der Waals surface area contributed by atoms with Gasteiger partial charge in [0, 0.05) is 12.5 Å². The SMILES string of the molecule is CC1CN(C(=O)C2CC=CCC2)C(C)CO1. The van der Waals surface area contributed by atoms with Crippen LogP contribution in [0.5, 0.6) is 0 Å². The van der Waals surface area contributed by atoms with Gasteiger partial charge in [-0.05, 0) is 33.1 Å². The first-order chi connectivity index (χ1) is 7.68. The molecule has 3 atom stereocenters. The van der Waals surface area contributed by atoms with Gasteiger partial charge >= 0.3 is 0 Å². The first kappa shape index (κ1) is 11.6. The number of allylic oxidation sites excluding steroid dienone is 2. The van der Waals surface area contributed by atoms with E-state index in [1.165, 1.54) is 0 Å². The lowest BCUT2D eigenvalue weighted by atomic mass is 9.92. The zero-order valence-electron chi connectivity index (χ0n) is 10.2. The van der Waals surface area contributed by atoms with Crippen molar-refractivity contribution in [2.24, 2.45) is 5.92 Å². The summed E-state index contributed by atoms with van der Waals surface area (Å²) in [6.07, 6.45) is 7.46. The van der Waals surface area contributed by atoms with Crippen molar-refractivity contribution in [1.29, 1.82) is 0 Å². The van der Waals surface area contributed by atoms with Gasteiger partial charge in [-0.3, -0.25) is 4.79 Å². The minimum absolute atomic E-state index is 0.180. The fraction of sp³-hybridized carbons (Fsp3) is 0.769. The van der Waals surface area contributed by atoms with Crippen molar-refractivity contribution in [3.63, 3.8) is 0 Å². The van der Waals surface area contributed by atoms with Crippen LogP contribution in [0.1, 0.15) is 33.1 Å². The second kappa shape index (κ2) is 5.00. The Hall–Kier alpha value is -0.830. The number of carbonyl (C=O) groups excluding carboxylic acids is 1. The van der Waals surface area contributed by atoms with Gasteiger partial charge in [0.1, 0.15) is 0 Å². The average Bonchev–Trinajstić information content (AvgIpc) is 2.32. The number of rotatable bonds is 1. The lowest BCUT2D eigenvalue weighted by Crippen LogP contribution is -2.52. The van der Waals surface area contributed by atoms with Gasteiger partial charge in [-0.2, -0.15) is 0 Å². The van der Waals surface area contributed by atoms with E-state index in [2.05, 4.69) is 19.1 Å². The fourth-order valence-electron chi connectivity index (χ4n) is 2.46. The van der Waals surface area contributed by atoms with Crippen LogP contribution in [-0.4, -0.2) is 36.1 Å². The average molecular weight is 223 g/mol. The van der Waals surface area contributed by atoms with E-state index in [-0.39, 0.29) is 18.1 Å². The molecule has 1 aliphatic carbocycles. The number of amides is 1. The highest BCUT2D eigenvalue weighted by Gasteiger charge is 2.31. The van der Waals surface area contributed by atoms with E-state index in [0.717, 1.165) is 25.8 Å². The van der Waals surface area contributed by atoms with Crippen LogP contribution >= 0.6 is 0 Å². The van der Waals surface area contributed by atoms with Crippen molar-refractivity contribution < 1.29 is 9.53 Å². The second-order valence-electron chi connectivity index (χ2n) is 4.96. The van der Waals surface area contributed by atoms with Crippen LogP contribution in [0.15, 0.2) is 12.2 Å². The van der Waals surface area contributed by atoms with Crippen LogP contribution in [0, 0.1) is 5.92 Å². The summed E-state index contributed by atoms with van der Waals surface area (Å²) in [7, 11) is 0. The number of morpholine rings is 1. The molecule has 0 saturated carbocycles. The number of hydrogen-bond acceptors (Lipinski definition) is 2. The predicted molar refractivity (Wildman–Crippen MR) is 63.1 cm³/mol. The molecule has 1 saturated heterocycles. The van der Waals surface area contributed by atoms with Crippen LogP contribution in [0.3, 0.4) is 0 Å². The molecule has 90 valence electrons. The van der Waals surface area contributed by atoms with E-state index in [4.69, 9.17) is 4.74 Å². The zero-order chi connectivity index (χ0) is 11.5. The van der Waals surface area contributed by atoms with E-state index in [1.807, 2.05) is 11.8 Å². The summed E-state index contributed by atoms with van der Waals surface area (Å²) < 4.78 is 5.55. The summed E-state index contributed by atoms with van der Waals surface area (Å²) in [4.78, 5) is 14.4. The third-order valence-electron chi connectivity index (χ3n) is 3.51. The molecular weight excluding hydrogens is 202 g/mol. The van der Waals surface area contributed by atoms with Crippen molar-refractivity contribution in [3.05, 3.63) is 12.2 Å². The third kappa shape index (κ3) is 2.46. The smallest absolute Gasteiger partial charge is 0.226 e. The Morgan fingerprint density at radius 3 is 2.88 bits per heavy atom. The minimum atomic E-state index is 0.180. The molecule has 0 aromatic carbocycles. The van der Waals surface area contributed by atoms with Crippen molar-refractivity contribution in [2.75, 3.05) is 13.2 Å². The highest BCUT2D eigenvalue weighted by atomic mass is 16.5. The molecule has 0 aromatic rings. The number of nitrogens with zero attached hydrogens (tertiary/aromatic N) is 1. The topological polar surface area (TPSA) is 29.5 Å². The molecule has 2 aliphatic rings. The molecule has 1 aliphatic heterocycles. The number of carbonyl (C=O) groups is 1. The first-order valence-corrected chi connectivity index (χ1v) is 6.25. The van der Waals surface area contributed by atoms with Crippen molar-refractivity contribution >= 4 is 5.91 Å². The predicted octanol–water partition coefficient (Wildman–Crippen LogP) is 1.98.